The number of hydrogen-bond donors (Lipinski definition) is 2. The average Bonchev–Trinajstić information content (AvgIpc) is 2.76. The summed E-state index contributed by atoms with van der Waals surface area (Å²) in [5.74, 6) is 0.855. The topological polar surface area (TPSA) is 85.8 Å². The second-order valence-corrected chi connectivity index (χ2v) is 6.72. The number of aromatic nitrogens is 2. The molecule has 8 nitrogen and oxygen atoms in total. The highest BCUT2D eigenvalue weighted by Gasteiger charge is 2.20. The van der Waals surface area contributed by atoms with E-state index in [-0.39, 0.29) is 35.7 Å². The van der Waals surface area contributed by atoms with Crippen LogP contribution in [0.2, 0.25) is 0 Å². The van der Waals surface area contributed by atoms with Crippen molar-refractivity contribution in [1.29, 1.82) is 0 Å². The first kappa shape index (κ1) is 23.8. The Morgan fingerprint density at radius 1 is 1.13 bits per heavy atom. The van der Waals surface area contributed by atoms with Crippen LogP contribution in [-0.2, 0) is 0 Å². The van der Waals surface area contributed by atoms with Crippen LogP contribution in [0.5, 0.6) is 0 Å². The number of nitrogens with one attached hydrogen (secondary N) is 2. The number of anilines is 1. The largest absolute Gasteiger partial charge is 0.354 e. The molecule has 0 unspecified atom stereocenters. The van der Waals surface area contributed by atoms with E-state index in [1.807, 2.05) is 0 Å². The van der Waals surface area contributed by atoms with Crippen LogP contribution in [0.15, 0.2) is 41.7 Å². The third-order valence-electron chi connectivity index (χ3n) is 4.75. The minimum Gasteiger partial charge on any atom is -0.354 e. The van der Waals surface area contributed by atoms with Crippen molar-refractivity contribution in [2.75, 3.05) is 51.2 Å². The number of guanidine groups is 1. The molecule has 2 N–H and O–H groups in total. The smallest absolute Gasteiger partial charge is 0.251 e. The van der Waals surface area contributed by atoms with Crippen molar-refractivity contribution in [1.82, 2.24) is 25.5 Å². The number of benzene rings is 1. The van der Waals surface area contributed by atoms with Crippen LogP contribution in [0.1, 0.15) is 15.9 Å². The molecule has 0 bridgehead atoms. The molecule has 1 amide bonds. The normalized spacial score (nSPS) is 14.2. The maximum Gasteiger partial charge on any atom is 0.251 e. The summed E-state index contributed by atoms with van der Waals surface area (Å²) in [6.45, 7) is 5.81. The minimum absolute atomic E-state index is 0. The Balaban J connectivity index is 0.00000320. The third-order valence-corrected chi connectivity index (χ3v) is 4.75. The molecule has 0 atom stereocenters. The highest BCUT2D eigenvalue weighted by atomic mass is 127. The van der Waals surface area contributed by atoms with Gasteiger partial charge in [-0.15, -0.1) is 24.0 Å². The Bertz CT molecular complexity index is 857. The summed E-state index contributed by atoms with van der Waals surface area (Å²) in [4.78, 5) is 29.3. The number of aryl methyl sites for hydroxylation is 1. The first-order valence-corrected chi connectivity index (χ1v) is 9.60. The van der Waals surface area contributed by atoms with E-state index < -0.39 is 0 Å². The second kappa shape index (κ2) is 11.6. The van der Waals surface area contributed by atoms with Gasteiger partial charge >= 0.3 is 0 Å². The van der Waals surface area contributed by atoms with Crippen LogP contribution in [0, 0.1) is 12.7 Å². The first-order chi connectivity index (χ1) is 14.1. The number of nitrogens with zero attached hydrogens (tertiary/aromatic N) is 5. The Kier molecular flexibility index (Phi) is 9.21. The second-order valence-electron chi connectivity index (χ2n) is 6.72. The van der Waals surface area contributed by atoms with Crippen LogP contribution in [0.4, 0.5) is 10.3 Å². The van der Waals surface area contributed by atoms with Gasteiger partial charge in [0, 0.05) is 64.3 Å². The molecule has 1 fully saturated rings. The molecule has 1 aromatic heterocycles. The number of hydrogen-bond acceptors (Lipinski definition) is 5. The molecule has 0 saturated carbocycles. The summed E-state index contributed by atoms with van der Waals surface area (Å²) in [7, 11) is 1.74. The quantitative estimate of drug-likeness (QED) is 0.267. The van der Waals surface area contributed by atoms with Gasteiger partial charge in [0.1, 0.15) is 5.82 Å². The van der Waals surface area contributed by atoms with Crippen molar-refractivity contribution < 1.29 is 9.18 Å². The van der Waals surface area contributed by atoms with E-state index in [0.29, 0.717) is 24.2 Å². The van der Waals surface area contributed by atoms with Gasteiger partial charge in [0.05, 0.1) is 0 Å². The summed E-state index contributed by atoms with van der Waals surface area (Å²) in [5.41, 5.74) is 0.836. The van der Waals surface area contributed by atoms with Gasteiger partial charge in [0.25, 0.3) is 5.91 Å². The average molecular weight is 527 g/mol. The molecule has 1 aliphatic rings. The monoisotopic (exact) mass is 527 g/mol. The Morgan fingerprint density at radius 2 is 1.80 bits per heavy atom. The predicted octanol–water partition coefficient (Wildman–Crippen LogP) is 1.67. The number of piperazine rings is 1. The lowest BCUT2D eigenvalue weighted by molar-refractivity contribution is 0.0954. The van der Waals surface area contributed by atoms with Crippen molar-refractivity contribution in [3.63, 3.8) is 0 Å². The van der Waals surface area contributed by atoms with E-state index >= 15 is 0 Å². The number of aliphatic imine (C=N–C) groups is 1. The van der Waals surface area contributed by atoms with Crippen molar-refractivity contribution in [2.45, 2.75) is 6.92 Å². The van der Waals surface area contributed by atoms with Gasteiger partial charge in [-0.05, 0) is 30.7 Å². The molecular weight excluding hydrogens is 500 g/mol. The van der Waals surface area contributed by atoms with Gasteiger partial charge in [-0.1, -0.05) is 6.07 Å². The van der Waals surface area contributed by atoms with Gasteiger partial charge in [-0.25, -0.2) is 14.4 Å². The van der Waals surface area contributed by atoms with E-state index in [1.54, 1.807) is 44.6 Å². The van der Waals surface area contributed by atoms with Crippen molar-refractivity contribution >= 4 is 41.8 Å². The number of carbonyl (C=O) groups excluding carboxylic acids is 1. The van der Waals surface area contributed by atoms with Crippen LogP contribution in [0.25, 0.3) is 0 Å². The van der Waals surface area contributed by atoms with Crippen molar-refractivity contribution in [3.8, 4) is 0 Å². The van der Waals surface area contributed by atoms with E-state index in [9.17, 15) is 9.18 Å². The highest BCUT2D eigenvalue weighted by molar-refractivity contribution is 14.0. The van der Waals surface area contributed by atoms with Gasteiger partial charge in [-0.3, -0.25) is 9.79 Å². The lowest BCUT2D eigenvalue weighted by Crippen LogP contribution is -2.53. The number of halogens is 2. The van der Waals surface area contributed by atoms with Gasteiger partial charge in [0.15, 0.2) is 5.96 Å². The zero-order valence-corrected chi connectivity index (χ0v) is 19.5. The molecule has 3 rings (SSSR count). The summed E-state index contributed by atoms with van der Waals surface area (Å²) < 4.78 is 13.6. The molecule has 0 aliphatic carbocycles. The fourth-order valence-electron chi connectivity index (χ4n) is 3.09. The summed E-state index contributed by atoms with van der Waals surface area (Å²) in [5, 5.41) is 6.05. The van der Waals surface area contributed by atoms with Crippen LogP contribution in [0.3, 0.4) is 0 Å². The number of amides is 1. The summed E-state index contributed by atoms with van der Waals surface area (Å²) >= 11 is 0. The molecule has 0 spiro atoms. The maximum atomic E-state index is 13.6. The summed E-state index contributed by atoms with van der Waals surface area (Å²) in [6, 6.07) is 6.28. The first-order valence-electron chi connectivity index (χ1n) is 9.60. The van der Waals surface area contributed by atoms with Gasteiger partial charge in [-0.2, -0.15) is 0 Å². The number of carbonyl (C=O) groups is 1. The molecule has 1 aromatic carbocycles. The van der Waals surface area contributed by atoms with E-state index in [0.717, 1.165) is 38.1 Å². The molecule has 162 valence electrons. The zero-order valence-electron chi connectivity index (χ0n) is 17.1. The lowest BCUT2D eigenvalue weighted by Gasteiger charge is -2.36. The number of rotatable bonds is 5. The van der Waals surface area contributed by atoms with Crippen LogP contribution < -0.4 is 15.5 Å². The highest BCUT2D eigenvalue weighted by Crippen LogP contribution is 2.10. The predicted molar refractivity (Wildman–Crippen MR) is 126 cm³/mol. The molecule has 2 heterocycles. The Morgan fingerprint density at radius 3 is 2.43 bits per heavy atom. The zero-order chi connectivity index (χ0) is 20.6. The molecule has 10 heteroatoms. The summed E-state index contributed by atoms with van der Waals surface area (Å²) in [6.07, 6.45) is 3.49. The van der Waals surface area contributed by atoms with Crippen LogP contribution in [-0.4, -0.2) is 73.1 Å². The fourth-order valence-corrected chi connectivity index (χ4v) is 3.09. The molecule has 0 radical (unpaired) electrons. The van der Waals surface area contributed by atoms with Crippen LogP contribution >= 0.6 is 24.0 Å². The van der Waals surface area contributed by atoms with Crippen molar-refractivity contribution in [3.05, 3.63) is 53.6 Å². The van der Waals surface area contributed by atoms with E-state index in [1.165, 1.54) is 6.07 Å². The molecule has 2 aromatic rings. The standard InChI is InChI=1S/C20H26FN7O.HI/c1-15-4-5-16(14-17(15)21)18(29)23-8-9-26-19(22-2)27-10-12-28(13-11-27)20-24-6-3-7-25-20;/h3-7,14H,8-13H2,1-2H3,(H,22,26)(H,23,29);1H. The third kappa shape index (κ3) is 6.25. The Hall–Kier alpha value is -2.50. The molecular formula is C20H27FIN7O. The van der Waals surface area contributed by atoms with E-state index in [4.69, 9.17) is 0 Å². The SMILES string of the molecule is CN=C(NCCNC(=O)c1ccc(C)c(F)c1)N1CCN(c2ncccn2)CC1.I. The van der Waals surface area contributed by atoms with E-state index in [2.05, 4.69) is 35.4 Å². The lowest BCUT2D eigenvalue weighted by atomic mass is 10.1. The van der Waals surface area contributed by atoms with Gasteiger partial charge in [0.2, 0.25) is 5.95 Å². The van der Waals surface area contributed by atoms with Gasteiger partial charge < -0.3 is 20.4 Å². The minimum atomic E-state index is -0.378. The molecule has 30 heavy (non-hydrogen) atoms. The maximum absolute atomic E-state index is 13.6. The van der Waals surface area contributed by atoms with Crippen molar-refractivity contribution in [2.24, 2.45) is 4.99 Å². The molecule has 1 saturated heterocycles. The fraction of sp³-hybridized carbons (Fsp3) is 0.400. The Labute approximate surface area is 193 Å². The molecule has 1 aliphatic heterocycles.